The van der Waals surface area contributed by atoms with Crippen molar-refractivity contribution >= 4 is 28.3 Å². The van der Waals surface area contributed by atoms with Crippen LogP contribution in [0.4, 0.5) is 46.6 Å². The summed E-state index contributed by atoms with van der Waals surface area (Å²) < 4.78 is 111. The van der Waals surface area contributed by atoms with Crippen LogP contribution in [0.15, 0.2) is 48.5 Å². The van der Waals surface area contributed by atoms with Crippen LogP contribution in [0.25, 0.3) is 10.9 Å². The van der Waals surface area contributed by atoms with Gasteiger partial charge in [0, 0.05) is 31.8 Å². The van der Waals surface area contributed by atoms with Crippen molar-refractivity contribution in [1.82, 2.24) is 4.98 Å². The van der Waals surface area contributed by atoms with Crippen LogP contribution >= 0.6 is 0 Å². The molecule has 1 N–H and O–H groups in total. The first-order valence-corrected chi connectivity index (χ1v) is 11.7. The number of hydrogen-bond donors (Lipinski definition) is 1. The summed E-state index contributed by atoms with van der Waals surface area (Å²) in [5, 5.41) is 3.32. The minimum atomic E-state index is -5.16. The lowest BCUT2D eigenvalue weighted by molar-refractivity contribution is -0.143. The number of carbonyl (C=O) groups excluding carboxylic acids is 1. The molecule has 1 fully saturated rings. The van der Waals surface area contributed by atoms with Crippen LogP contribution in [0, 0.1) is 0 Å². The highest BCUT2D eigenvalue weighted by Gasteiger charge is 2.56. The van der Waals surface area contributed by atoms with E-state index >= 15 is 8.78 Å². The summed E-state index contributed by atoms with van der Waals surface area (Å²) in [7, 11) is 0. The van der Waals surface area contributed by atoms with Gasteiger partial charge in [0.15, 0.2) is 0 Å². The summed E-state index contributed by atoms with van der Waals surface area (Å²) in [4.78, 5) is 17.7. The number of anilines is 2. The Kier molecular flexibility index (Phi) is 6.82. The van der Waals surface area contributed by atoms with E-state index in [0.717, 1.165) is 0 Å². The lowest BCUT2D eigenvalue weighted by Crippen LogP contribution is -2.46. The fraction of sp³-hybridized carbons (Fsp3) is 0.385. The minimum absolute atomic E-state index is 0.0719. The first-order chi connectivity index (χ1) is 17.5. The number of nitrogens with one attached hydrogen (secondary N) is 1. The monoisotopic (exact) mass is 545 g/mol. The number of carbonyl (C=O) groups is 1. The maximum absolute atomic E-state index is 15.1. The highest BCUT2D eigenvalue weighted by atomic mass is 19.4. The Morgan fingerprint density at radius 2 is 1.61 bits per heavy atom. The van der Waals surface area contributed by atoms with Crippen molar-refractivity contribution in [2.24, 2.45) is 0 Å². The van der Waals surface area contributed by atoms with E-state index < -0.39 is 53.3 Å². The lowest BCUT2D eigenvalue weighted by Gasteiger charge is -2.36. The zero-order valence-corrected chi connectivity index (χ0v) is 20.3. The predicted octanol–water partition coefficient (Wildman–Crippen LogP) is 7.42. The highest BCUT2D eigenvalue weighted by Crippen LogP contribution is 2.49. The summed E-state index contributed by atoms with van der Waals surface area (Å²) >= 11 is 0. The normalized spacial score (nSPS) is 18.7. The van der Waals surface area contributed by atoms with E-state index in [-0.39, 0.29) is 30.8 Å². The number of aromatic nitrogens is 1. The Bertz CT molecular complexity index is 1330. The van der Waals surface area contributed by atoms with Gasteiger partial charge in [-0.3, -0.25) is 4.79 Å². The standard InChI is InChI=1S/C26H23F8N3O/c1-3-22(38)36-20-6-4-5-19-18(20)7-8-21(35-19)37-10-9-24(14-37,23(2,27)28)15-11-16(25(29,30)31)13-17(12-15)26(32,33)34/h4-8,11-13H,3,9-10,14H2,1-2H3,(H,36,38). The third-order valence-electron chi connectivity index (χ3n) is 6.89. The number of amides is 1. The molecule has 1 unspecified atom stereocenters. The van der Waals surface area contributed by atoms with Gasteiger partial charge in [0.05, 0.1) is 27.7 Å². The molecule has 3 aromatic rings. The Hall–Kier alpha value is -3.44. The maximum Gasteiger partial charge on any atom is 0.416 e. The molecule has 204 valence electrons. The molecular weight excluding hydrogens is 522 g/mol. The van der Waals surface area contributed by atoms with E-state index in [1.165, 1.54) is 11.0 Å². The summed E-state index contributed by atoms with van der Waals surface area (Å²) in [5.74, 6) is -3.66. The predicted molar refractivity (Wildman–Crippen MR) is 126 cm³/mol. The van der Waals surface area contributed by atoms with Crippen molar-refractivity contribution in [1.29, 1.82) is 0 Å². The van der Waals surface area contributed by atoms with Gasteiger partial charge in [-0.1, -0.05) is 13.0 Å². The molecule has 1 aromatic heterocycles. The highest BCUT2D eigenvalue weighted by molar-refractivity contribution is 6.01. The van der Waals surface area contributed by atoms with Crippen LogP contribution in [0.5, 0.6) is 0 Å². The third kappa shape index (κ3) is 5.12. The SMILES string of the molecule is CCC(=O)Nc1cccc2nc(N3CCC(c4cc(C(F)(F)F)cc(C(F)(F)F)c4)(C(C)(F)F)C3)ccc12. The van der Waals surface area contributed by atoms with E-state index in [1.807, 2.05) is 0 Å². The van der Waals surface area contributed by atoms with Gasteiger partial charge >= 0.3 is 12.4 Å². The largest absolute Gasteiger partial charge is 0.416 e. The molecule has 0 aliphatic carbocycles. The van der Waals surface area contributed by atoms with Gasteiger partial charge < -0.3 is 10.2 Å². The van der Waals surface area contributed by atoms with Gasteiger partial charge in [-0.15, -0.1) is 0 Å². The van der Waals surface area contributed by atoms with Crippen molar-refractivity contribution in [3.8, 4) is 0 Å². The number of pyridine rings is 1. The zero-order chi connectivity index (χ0) is 28.1. The number of benzene rings is 2. The summed E-state index contributed by atoms with van der Waals surface area (Å²) in [6, 6.07) is 8.78. The molecule has 1 saturated heterocycles. The molecule has 38 heavy (non-hydrogen) atoms. The van der Waals surface area contributed by atoms with Crippen LogP contribution in [0.1, 0.15) is 43.4 Å². The lowest BCUT2D eigenvalue weighted by atomic mass is 9.73. The molecule has 2 aromatic carbocycles. The third-order valence-corrected chi connectivity index (χ3v) is 6.89. The first kappa shape index (κ1) is 27.6. The molecule has 1 amide bonds. The Labute approximate surface area is 212 Å². The average molecular weight is 545 g/mol. The molecule has 1 atom stereocenters. The number of nitrogens with zero attached hydrogens (tertiary/aromatic N) is 2. The number of halogens is 8. The Balaban J connectivity index is 1.77. The van der Waals surface area contributed by atoms with Crippen molar-refractivity contribution in [3.63, 3.8) is 0 Å². The van der Waals surface area contributed by atoms with E-state index in [1.54, 1.807) is 31.2 Å². The van der Waals surface area contributed by atoms with Gasteiger partial charge in [-0.05, 0) is 54.4 Å². The van der Waals surface area contributed by atoms with E-state index in [9.17, 15) is 31.1 Å². The van der Waals surface area contributed by atoms with Crippen LogP contribution in [0.3, 0.4) is 0 Å². The number of hydrogen-bond acceptors (Lipinski definition) is 3. The number of rotatable bonds is 5. The minimum Gasteiger partial charge on any atom is -0.355 e. The van der Waals surface area contributed by atoms with Gasteiger partial charge in [0.2, 0.25) is 5.91 Å². The second-order valence-electron chi connectivity index (χ2n) is 9.38. The summed E-state index contributed by atoms with van der Waals surface area (Å²) in [6.07, 6.45) is -10.5. The van der Waals surface area contributed by atoms with Crippen LogP contribution < -0.4 is 10.2 Å². The van der Waals surface area contributed by atoms with Gasteiger partial charge in [-0.2, -0.15) is 26.3 Å². The topological polar surface area (TPSA) is 45.2 Å². The maximum atomic E-state index is 15.1. The molecule has 2 heterocycles. The molecule has 1 aliphatic rings. The first-order valence-electron chi connectivity index (χ1n) is 11.7. The van der Waals surface area contributed by atoms with E-state index in [4.69, 9.17) is 0 Å². The fourth-order valence-electron chi connectivity index (χ4n) is 4.75. The summed E-state index contributed by atoms with van der Waals surface area (Å²) in [6.45, 7) is 1.55. The van der Waals surface area contributed by atoms with Gasteiger partial charge in [-0.25, -0.2) is 13.8 Å². The average Bonchev–Trinajstić information content (AvgIpc) is 3.30. The van der Waals surface area contributed by atoms with Gasteiger partial charge in [0.1, 0.15) is 5.82 Å². The quantitative estimate of drug-likeness (QED) is 0.340. The molecule has 4 rings (SSSR count). The molecule has 0 saturated carbocycles. The van der Waals surface area contributed by atoms with Crippen molar-refractivity contribution in [3.05, 3.63) is 65.2 Å². The zero-order valence-electron chi connectivity index (χ0n) is 20.3. The Morgan fingerprint density at radius 3 is 2.16 bits per heavy atom. The number of fused-ring (bicyclic) bond motifs is 1. The second kappa shape index (κ2) is 9.39. The van der Waals surface area contributed by atoms with Gasteiger partial charge in [0.25, 0.3) is 5.92 Å². The second-order valence-corrected chi connectivity index (χ2v) is 9.38. The van der Waals surface area contributed by atoms with Crippen LogP contribution in [0.2, 0.25) is 0 Å². The molecule has 1 aliphatic heterocycles. The van der Waals surface area contributed by atoms with Crippen molar-refractivity contribution in [2.75, 3.05) is 23.3 Å². The molecule has 12 heteroatoms. The molecule has 0 radical (unpaired) electrons. The van der Waals surface area contributed by atoms with Crippen molar-refractivity contribution in [2.45, 2.75) is 50.4 Å². The van der Waals surface area contributed by atoms with E-state index in [0.29, 0.717) is 35.6 Å². The molecule has 0 spiro atoms. The molecular formula is C26H23F8N3O. The summed E-state index contributed by atoms with van der Waals surface area (Å²) in [5.41, 5.74) is -5.43. The van der Waals surface area contributed by atoms with E-state index in [2.05, 4.69) is 10.3 Å². The molecule has 4 nitrogen and oxygen atoms in total. The molecule has 0 bridgehead atoms. The van der Waals surface area contributed by atoms with Crippen LogP contribution in [-0.4, -0.2) is 29.9 Å². The number of alkyl halides is 8. The Morgan fingerprint density at radius 1 is 0.974 bits per heavy atom. The van der Waals surface area contributed by atoms with Crippen LogP contribution in [-0.2, 0) is 22.6 Å². The fourth-order valence-corrected chi connectivity index (χ4v) is 4.75. The smallest absolute Gasteiger partial charge is 0.355 e. The van der Waals surface area contributed by atoms with Crippen molar-refractivity contribution < 1.29 is 39.9 Å².